The summed E-state index contributed by atoms with van der Waals surface area (Å²) < 4.78 is 6.06. The highest BCUT2D eigenvalue weighted by molar-refractivity contribution is 6.08. The molecule has 120 valence electrons. The number of Topliss-reactive ketones (excluding diaryl/α,β-unsaturated/α-hetero) is 1. The smallest absolute Gasteiger partial charge is 0.223 e. The van der Waals surface area contributed by atoms with Crippen LogP contribution in [0.4, 0.5) is 0 Å². The maximum absolute atomic E-state index is 12.3. The molecule has 0 radical (unpaired) electrons. The number of rotatable bonds is 7. The summed E-state index contributed by atoms with van der Waals surface area (Å²) in [6.45, 7) is 0.464. The SMILES string of the molecule is C[N+](C)(C)CC(=O)COc1ccc(C(=O)c2ccccc2)cc1. The number of benzene rings is 2. The van der Waals surface area contributed by atoms with E-state index in [4.69, 9.17) is 4.74 Å². The summed E-state index contributed by atoms with van der Waals surface area (Å²) >= 11 is 0. The van der Waals surface area contributed by atoms with Crippen LogP contribution in [0.25, 0.3) is 0 Å². The average Bonchev–Trinajstić information content (AvgIpc) is 2.52. The lowest BCUT2D eigenvalue weighted by Gasteiger charge is -2.22. The number of likely N-dealkylation sites (N-methyl/N-ethyl adjacent to an activating group) is 1. The van der Waals surface area contributed by atoms with Crippen LogP contribution in [0.1, 0.15) is 15.9 Å². The van der Waals surface area contributed by atoms with E-state index in [-0.39, 0.29) is 18.2 Å². The van der Waals surface area contributed by atoms with Crippen molar-refractivity contribution in [1.29, 1.82) is 0 Å². The number of nitrogens with zero attached hydrogens (tertiary/aromatic N) is 1. The molecule has 0 spiro atoms. The maximum Gasteiger partial charge on any atom is 0.223 e. The van der Waals surface area contributed by atoms with Gasteiger partial charge in [-0.25, -0.2) is 0 Å². The van der Waals surface area contributed by atoms with Gasteiger partial charge in [0.05, 0.1) is 21.1 Å². The minimum absolute atomic E-state index is 0.0294. The molecule has 0 aliphatic carbocycles. The molecule has 0 bridgehead atoms. The first-order chi connectivity index (χ1) is 10.8. The van der Waals surface area contributed by atoms with Gasteiger partial charge in [0, 0.05) is 11.1 Å². The first-order valence-electron chi connectivity index (χ1n) is 7.50. The van der Waals surface area contributed by atoms with E-state index in [1.807, 2.05) is 39.3 Å². The van der Waals surface area contributed by atoms with Crippen molar-refractivity contribution in [3.63, 3.8) is 0 Å². The number of carbonyl (C=O) groups excluding carboxylic acids is 2. The Hall–Kier alpha value is -2.46. The monoisotopic (exact) mass is 312 g/mol. The van der Waals surface area contributed by atoms with Crippen LogP contribution < -0.4 is 4.74 Å². The molecule has 0 aliphatic rings. The van der Waals surface area contributed by atoms with Crippen LogP contribution in [0.5, 0.6) is 5.75 Å². The van der Waals surface area contributed by atoms with Gasteiger partial charge in [-0.2, -0.15) is 0 Å². The second-order valence-electron chi connectivity index (χ2n) is 6.50. The Morgan fingerprint density at radius 1 is 0.870 bits per heavy atom. The van der Waals surface area contributed by atoms with Crippen LogP contribution in [-0.4, -0.2) is 50.3 Å². The zero-order valence-electron chi connectivity index (χ0n) is 13.8. The third kappa shape index (κ3) is 5.34. The average molecular weight is 312 g/mol. The molecule has 23 heavy (non-hydrogen) atoms. The topological polar surface area (TPSA) is 43.4 Å². The predicted molar refractivity (Wildman–Crippen MR) is 89.7 cm³/mol. The lowest BCUT2D eigenvalue weighted by Crippen LogP contribution is -2.41. The van der Waals surface area contributed by atoms with Gasteiger partial charge in [-0.1, -0.05) is 30.3 Å². The summed E-state index contributed by atoms with van der Waals surface area (Å²) in [5.41, 5.74) is 1.25. The molecule has 0 saturated heterocycles. The van der Waals surface area contributed by atoms with Crippen molar-refractivity contribution < 1.29 is 18.8 Å². The summed E-state index contributed by atoms with van der Waals surface area (Å²) in [4.78, 5) is 24.1. The molecule has 0 N–H and O–H groups in total. The number of carbonyl (C=O) groups is 2. The third-order valence-corrected chi connectivity index (χ3v) is 3.20. The number of ketones is 2. The molecule has 0 saturated carbocycles. The Labute approximate surface area is 136 Å². The van der Waals surface area contributed by atoms with Crippen molar-refractivity contribution in [1.82, 2.24) is 0 Å². The summed E-state index contributed by atoms with van der Waals surface area (Å²) in [5, 5.41) is 0. The third-order valence-electron chi connectivity index (χ3n) is 3.20. The van der Waals surface area contributed by atoms with Gasteiger partial charge < -0.3 is 9.22 Å². The van der Waals surface area contributed by atoms with E-state index in [9.17, 15) is 9.59 Å². The van der Waals surface area contributed by atoms with Gasteiger partial charge >= 0.3 is 0 Å². The molecule has 0 heterocycles. The molecular weight excluding hydrogens is 290 g/mol. The second kappa shape index (κ2) is 7.20. The van der Waals surface area contributed by atoms with Crippen molar-refractivity contribution in [2.75, 3.05) is 34.3 Å². The molecule has 4 heteroatoms. The highest BCUT2D eigenvalue weighted by atomic mass is 16.5. The van der Waals surface area contributed by atoms with E-state index < -0.39 is 0 Å². The fraction of sp³-hybridized carbons (Fsp3) is 0.263. The van der Waals surface area contributed by atoms with E-state index in [0.717, 1.165) is 0 Å². The van der Waals surface area contributed by atoms with Crippen molar-refractivity contribution >= 4 is 11.6 Å². The van der Waals surface area contributed by atoms with Crippen molar-refractivity contribution in [3.05, 3.63) is 65.7 Å². The van der Waals surface area contributed by atoms with E-state index in [1.165, 1.54) is 0 Å². The molecule has 2 aromatic rings. The zero-order chi connectivity index (χ0) is 16.9. The van der Waals surface area contributed by atoms with Crippen LogP contribution in [0, 0.1) is 0 Å². The molecule has 0 amide bonds. The van der Waals surface area contributed by atoms with Crippen LogP contribution in [0.3, 0.4) is 0 Å². The zero-order valence-corrected chi connectivity index (χ0v) is 13.8. The van der Waals surface area contributed by atoms with Crippen molar-refractivity contribution in [2.45, 2.75) is 0 Å². The second-order valence-corrected chi connectivity index (χ2v) is 6.50. The van der Waals surface area contributed by atoms with Crippen LogP contribution in [0.15, 0.2) is 54.6 Å². The summed E-state index contributed by atoms with van der Waals surface area (Å²) in [5.74, 6) is 0.601. The fourth-order valence-corrected chi connectivity index (χ4v) is 2.20. The summed E-state index contributed by atoms with van der Waals surface area (Å²) in [7, 11) is 5.88. The standard InChI is InChI=1S/C19H22NO3/c1-20(2,3)13-17(21)14-23-18-11-9-16(10-12-18)19(22)15-7-5-4-6-8-15/h4-12H,13-14H2,1-3H3/q+1. The maximum atomic E-state index is 12.3. The van der Waals surface area contributed by atoms with Crippen LogP contribution in [0.2, 0.25) is 0 Å². The van der Waals surface area contributed by atoms with Crippen LogP contribution >= 0.6 is 0 Å². The summed E-state index contributed by atoms with van der Waals surface area (Å²) in [6, 6.07) is 16.0. The lowest BCUT2D eigenvalue weighted by molar-refractivity contribution is -0.862. The normalized spacial score (nSPS) is 11.1. The Morgan fingerprint density at radius 3 is 2.00 bits per heavy atom. The number of hydrogen-bond donors (Lipinski definition) is 0. The lowest BCUT2D eigenvalue weighted by atomic mass is 10.0. The fourth-order valence-electron chi connectivity index (χ4n) is 2.20. The minimum Gasteiger partial charge on any atom is -0.486 e. The number of quaternary nitrogens is 1. The first kappa shape index (κ1) is 16.9. The Kier molecular flexibility index (Phi) is 5.29. The molecular formula is C19H22NO3+. The minimum atomic E-state index is -0.0294. The summed E-state index contributed by atoms with van der Waals surface area (Å²) in [6.07, 6.45) is 0. The Bertz CT molecular complexity index is 670. The molecule has 0 aliphatic heterocycles. The van der Waals surface area contributed by atoms with Crippen molar-refractivity contribution in [2.24, 2.45) is 0 Å². The van der Waals surface area contributed by atoms with E-state index >= 15 is 0 Å². The molecule has 0 unspecified atom stereocenters. The quantitative estimate of drug-likeness (QED) is 0.583. The molecule has 0 aromatic heterocycles. The molecule has 4 nitrogen and oxygen atoms in total. The van der Waals surface area contributed by atoms with E-state index in [1.54, 1.807) is 36.4 Å². The molecule has 0 atom stereocenters. The van der Waals surface area contributed by atoms with Crippen LogP contribution in [-0.2, 0) is 4.79 Å². The molecule has 0 fully saturated rings. The first-order valence-corrected chi connectivity index (χ1v) is 7.50. The van der Waals surface area contributed by atoms with Crippen molar-refractivity contribution in [3.8, 4) is 5.75 Å². The molecule has 2 aromatic carbocycles. The number of hydrogen-bond acceptors (Lipinski definition) is 3. The predicted octanol–water partition coefficient (Wildman–Crippen LogP) is 2.57. The number of ether oxygens (including phenoxy) is 1. The van der Waals surface area contributed by atoms with Gasteiger partial charge in [-0.15, -0.1) is 0 Å². The van der Waals surface area contributed by atoms with Gasteiger partial charge in [0.1, 0.15) is 12.3 Å². The van der Waals surface area contributed by atoms with E-state index in [2.05, 4.69) is 0 Å². The molecule has 2 rings (SSSR count). The van der Waals surface area contributed by atoms with Gasteiger partial charge in [-0.3, -0.25) is 9.59 Å². The highest BCUT2D eigenvalue weighted by Crippen LogP contribution is 2.15. The van der Waals surface area contributed by atoms with Gasteiger partial charge in [0.2, 0.25) is 5.78 Å². The van der Waals surface area contributed by atoms with Gasteiger partial charge in [0.25, 0.3) is 0 Å². The van der Waals surface area contributed by atoms with Gasteiger partial charge in [0.15, 0.2) is 12.4 Å². The largest absolute Gasteiger partial charge is 0.486 e. The van der Waals surface area contributed by atoms with Gasteiger partial charge in [-0.05, 0) is 24.3 Å². The Balaban J connectivity index is 1.95. The van der Waals surface area contributed by atoms with E-state index in [0.29, 0.717) is 27.9 Å². The Morgan fingerprint density at radius 2 is 1.43 bits per heavy atom. The highest BCUT2D eigenvalue weighted by Gasteiger charge is 2.15.